The summed E-state index contributed by atoms with van der Waals surface area (Å²) in [4.78, 5) is 31.7. The number of hydrogen-bond acceptors (Lipinski definition) is 8. The van der Waals surface area contributed by atoms with E-state index in [0.717, 1.165) is 5.56 Å². The standard InChI is InChI=1S/C13H15N3O4S/c1-3-20-13(19)10-7(2)9-11(14-5-4-8(17)18)15-6-16-12(9)21-10/h6H,3-5H2,1-2H3,(H,17,18)(H,14,15,16)/p-1. The van der Waals surface area contributed by atoms with Crippen molar-refractivity contribution in [3.8, 4) is 0 Å². The summed E-state index contributed by atoms with van der Waals surface area (Å²) in [5.74, 6) is -1.02. The molecule has 0 spiro atoms. The number of esters is 1. The number of carbonyl (C=O) groups excluding carboxylic acids is 2. The van der Waals surface area contributed by atoms with Crippen LogP contribution in [0.2, 0.25) is 0 Å². The van der Waals surface area contributed by atoms with Crippen LogP contribution in [-0.4, -0.2) is 35.1 Å². The van der Waals surface area contributed by atoms with Gasteiger partial charge in [-0.05, 0) is 19.4 Å². The van der Waals surface area contributed by atoms with Gasteiger partial charge in [0.05, 0.1) is 12.0 Å². The average Bonchev–Trinajstić information content (AvgIpc) is 2.77. The second-order valence-electron chi connectivity index (χ2n) is 4.23. The molecule has 0 bridgehead atoms. The maximum atomic E-state index is 11.9. The van der Waals surface area contributed by atoms with Gasteiger partial charge in [-0.1, -0.05) is 0 Å². The van der Waals surface area contributed by atoms with Crippen LogP contribution >= 0.6 is 11.3 Å². The first-order valence-corrected chi connectivity index (χ1v) is 7.21. The topological polar surface area (TPSA) is 104 Å². The molecule has 21 heavy (non-hydrogen) atoms. The Bertz CT molecular complexity index is 683. The number of aryl methyl sites for hydroxylation is 1. The van der Waals surface area contributed by atoms with Crippen molar-refractivity contribution in [2.45, 2.75) is 20.3 Å². The molecule has 2 rings (SSSR count). The Morgan fingerprint density at radius 3 is 2.86 bits per heavy atom. The van der Waals surface area contributed by atoms with E-state index in [4.69, 9.17) is 4.74 Å². The minimum atomic E-state index is -1.14. The smallest absolute Gasteiger partial charge is 0.348 e. The van der Waals surface area contributed by atoms with E-state index in [0.29, 0.717) is 27.5 Å². The molecule has 0 aliphatic carbocycles. The summed E-state index contributed by atoms with van der Waals surface area (Å²) in [5, 5.41) is 14.1. The van der Waals surface area contributed by atoms with Crippen LogP contribution in [0.25, 0.3) is 10.2 Å². The van der Waals surface area contributed by atoms with Gasteiger partial charge in [0, 0.05) is 18.9 Å². The number of hydrogen-bond donors (Lipinski definition) is 1. The van der Waals surface area contributed by atoms with Crippen LogP contribution in [0.4, 0.5) is 5.82 Å². The highest BCUT2D eigenvalue weighted by Gasteiger charge is 2.19. The predicted octanol–water partition coefficient (Wildman–Crippen LogP) is 0.728. The molecular formula is C13H14N3O4S-. The fourth-order valence-corrected chi connectivity index (χ4v) is 2.92. The largest absolute Gasteiger partial charge is 0.550 e. The molecule has 0 aromatic carbocycles. The Balaban J connectivity index is 2.35. The molecule has 2 aromatic rings. The van der Waals surface area contributed by atoms with Crippen molar-refractivity contribution in [1.82, 2.24) is 9.97 Å². The van der Waals surface area contributed by atoms with Gasteiger partial charge in [-0.15, -0.1) is 11.3 Å². The fourth-order valence-electron chi connectivity index (χ4n) is 1.88. The highest BCUT2D eigenvalue weighted by molar-refractivity contribution is 7.20. The molecule has 2 heterocycles. The molecule has 7 nitrogen and oxygen atoms in total. The van der Waals surface area contributed by atoms with Gasteiger partial charge in [-0.25, -0.2) is 14.8 Å². The molecule has 2 aromatic heterocycles. The Morgan fingerprint density at radius 1 is 1.43 bits per heavy atom. The van der Waals surface area contributed by atoms with Crippen molar-refractivity contribution in [1.29, 1.82) is 0 Å². The minimum absolute atomic E-state index is 0.126. The molecule has 0 amide bonds. The van der Waals surface area contributed by atoms with Gasteiger partial charge in [-0.2, -0.15) is 0 Å². The number of aliphatic carboxylic acids is 1. The van der Waals surface area contributed by atoms with E-state index in [1.807, 2.05) is 0 Å². The molecule has 0 saturated carbocycles. The van der Waals surface area contributed by atoms with Gasteiger partial charge < -0.3 is 20.0 Å². The van der Waals surface area contributed by atoms with E-state index in [1.54, 1.807) is 13.8 Å². The summed E-state index contributed by atoms with van der Waals surface area (Å²) in [6, 6.07) is 0. The predicted molar refractivity (Wildman–Crippen MR) is 76.2 cm³/mol. The number of carboxylic acid groups (broad SMARTS) is 1. The van der Waals surface area contributed by atoms with Crippen LogP contribution in [0.1, 0.15) is 28.6 Å². The quantitative estimate of drug-likeness (QED) is 0.784. The zero-order valence-electron chi connectivity index (χ0n) is 11.6. The maximum absolute atomic E-state index is 11.9. The van der Waals surface area contributed by atoms with Gasteiger partial charge in [-0.3, -0.25) is 0 Å². The van der Waals surface area contributed by atoms with Gasteiger partial charge in [0.25, 0.3) is 0 Å². The Hall–Kier alpha value is -2.22. The average molecular weight is 308 g/mol. The number of thiophene rings is 1. The molecule has 0 saturated heterocycles. The van der Waals surface area contributed by atoms with Gasteiger partial charge in [0.2, 0.25) is 0 Å². The first kappa shape index (κ1) is 15.2. The molecule has 1 N–H and O–H groups in total. The van der Waals surface area contributed by atoms with Crippen LogP contribution in [0.3, 0.4) is 0 Å². The van der Waals surface area contributed by atoms with E-state index < -0.39 is 11.9 Å². The van der Waals surface area contributed by atoms with Crippen LogP contribution in [0.15, 0.2) is 6.33 Å². The normalized spacial score (nSPS) is 10.6. The van der Waals surface area contributed by atoms with E-state index in [2.05, 4.69) is 15.3 Å². The monoisotopic (exact) mass is 308 g/mol. The lowest BCUT2D eigenvalue weighted by Gasteiger charge is -2.07. The van der Waals surface area contributed by atoms with E-state index in [1.165, 1.54) is 17.7 Å². The molecule has 0 atom stereocenters. The van der Waals surface area contributed by atoms with Crippen LogP contribution in [-0.2, 0) is 9.53 Å². The number of aromatic nitrogens is 2. The van der Waals surface area contributed by atoms with Crippen molar-refractivity contribution in [3.63, 3.8) is 0 Å². The van der Waals surface area contributed by atoms with E-state index in [-0.39, 0.29) is 13.0 Å². The summed E-state index contributed by atoms with van der Waals surface area (Å²) in [6.07, 6.45) is 1.24. The number of carbonyl (C=O) groups is 2. The Kier molecular flexibility index (Phi) is 4.69. The minimum Gasteiger partial charge on any atom is -0.550 e. The van der Waals surface area contributed by atoms with Crippen molar-refractivity contribution >= 4 is 39.3 Å². The number of nitrogens with one attached hydrogen (secondary N) is 1. The second-order valence-corrected chi connectivity index (χ2v) is 5.23. The zero-order valence-corrected chi connectivity index (χ0v) is 12.5. The number of anilines is 1. The molecule has 0 fully saturated rings. The lowest BCUT2D eigenvalue weighted by molar-refractivity contribution is -0.305. The lowest BCUT2D eigenvalue weighted by atomic mass is 10.2. The number of ether oxygens (including phenoxy) is 1. The summed E-state index contributed by atoms with van der Waals surface area (Å²) < 4.78 is 5.01. The van der Waals surface area contributed by atoms with Gasteiger partial charge in [0.15, 0.2) is 0 Å². The molecule has 112 valence electrons. The SMILES string of the molecule is CCOC(=O)c1sc2ncnc(NCCC(=O)[O-])c2c1C. The maximum Gasteiger partial charge on any atom is 0.348 e. The fraction of sp³-hybridized carbons (Fsp3) is 0.385. The first-order chi connectivity index (χ1) is 10.0. The van der Waals surface area contributed by atoms with Crippen LogP contribution in [0, 0.1) is 6.92 Å². The third-order valence-corrected chi connectivity index (χ3v) is 3.99. The second kappa shape index (κ2) is 6.49. The summed E-state index contributed by atoms with van der Waals surface area (Å²) in [6.45, 7) is 4.03. The number of fused-ring (bicyclic) bond motifs is 1. The van der Waals surface area contributed by atoms with Gasteiger partial charge >= 0.3 is 5.97 Å². The first-order valence-electron chi connectivity index (χ1n) is 6.39. The number of carboxylic acids is 1. The third kappa shape index (κ3) is 3.27. The van der Waals surface area contributed by atoms with Crippen molar-refractivity contribution in [3.05, 3.63) is 16.8 Å². The van der Waals surface area contributed by atoms with Crippen molar-refractivity contribution in [2.75, 3.05) is 18.5 Å². The molecule has 0 unspecified atom stereocenters. The van der Waals surface area contributed by atoms with Crippen molar-refractivity contribution in [2.24, 2.45) is 0 Å². The number of rotatable bonds is 6. The van der Waals surface area contributed by atoms with E-state index >= 15 is 0 Å². The van der Waals surface area contributed by atoms with Crippen LogP contribution in [0.5, 0.6) is 0 Å². The lowest BCUT2D eigenvalue weighted by Crippen LogP contribution is -2.24. The summed E-state index contributed by atoms with van der Waals surface area (Å²) >= 11 is 1.23. The van der Waals surface area contributed by atoms with Gasteiger partial charge in [0.1, 0.15) is 21.9 Å². The molecule has 0 radical (unpaired) electrons. The van der Waals surface area contributed by atoms with Crippen LogP contribution < -0.4 is 10.4 Å². The molecule has 8 heteroatoms. The number of nitrogens with zero attached hydrogens (tertiary/aromatic N) is 2. The Labute approximate surface area is 125 Å². The van der Waals surface area contributed by atoms with E-state index in [9.17, 15) is 14.7 Å². The molecular weight excluding hydrogens is 294 g/mol. The summed E-state index contributed by atoms with van der Waals surface area (Å²) in [7, 11) is 0. The summed E-state index contributed by atoms with van der Waals surface area (Å²) in [5.41, 5.74) is 0.727. The highest BCUT2D eigenvalue weighted by atomic mass is 32.1. The molecule has 0 aliphatic rings. The van der Waals surface area contributed by atoms with Crippen molar-refractivity contribution < 1.29 is 19.4 Å². The zero-order chi connectivity index (χ0) is 15.4. The highest BCUT2D eigenvalue weighted by Crippen LogP contribution is 2.33. The Morgan fingerprint density at radius 2 is 2.19 bits per heavy atom. The third-order valence-electron chi connectivity index (χ3n) is 2.81. The molecule has 0 aliphatic heterocycles.